The first-order valence-electron chi connectivity index (χ1n) is 19.0. The molecule has 4 aromatic heterocycles. The first kappa shape index (κ1) is 46.5. The van der Waals surface area contributed by atoms with Gasteiger partial charge in [0.15, 0.2) is 5.67 Å². The summed E-state index contributed by atoms with van der Waals surface area (Å²) in [5.74, 6) is 0.229. The maximum atomic E-state index is 14.8. The topological polar surface area (TPSA) is 263 Å². The molecule has 330 valence electrons. The zero-order valence-corrected chi connectivity index (χ0v) is 36.5. The fraction of sp³-hybridized carbons (Fsp3) is 0.444. The molecule has 0 saturated carbocycles. The van der Waals surface area contributed by atoms with E-state index in [9.17, 15) is 30.8 Å². The van der Waals surface area contributed by atoms with Crippen LogP contribution in [0.25, 0.3) is 0 Å². The molecule has 3 aliphatic rings. The molecule has 0 spiro atoms. The largest absolute Gasteiger partial charge is 0.379 e. The smallest absolute Gasteiger partial charge is 0.302 e. The van der Waals surface area contributed by atoms with Crippen molar-refractivity contribution in [2.45, 2.75) is 56.3 Å². The van der Waals surface area contributed by atoms with Crippen LogP contribution in [-0.2, 0) is 25.2 Å². The molecule has 0 bridgehead atoms. The number of nitrogens with one attached hydrogen (secondary N) is 3. The van der Waals surface area contributed by atoms with Gasteiger partial charge in [-0.05, 0) is 62.8 Å². The Morgan fingerprint density at radius 2 is 1.24 bits per heavy atom. The van der Waals surface area contributed by atoms with Crippen molar-refractivity contribution in [1.82, 2.24) is 38.1 Å². The van der Waals surface area contributed by atoms with E-state index in [1.807, 2.05) is 12.1 Å². The molecule has 1 atom stereocenters. The Morgan fingerprint density at radius 3 is 1.68 bits per heavy atom. The number of hydrogen-bond acceptors (Lipinski definition) is 14. The molecule has 62 heavy (non-hydrogen) atoms. The van der Waals surface area contributed by atoms with Gasteiger partial charge in [0.2, 0.25) is 0 Å². The minimum atomic E-state index is -3.86. The normalized spacial score (nSPS) is 19.3. The summed E-state index contributed by atoms with van der Waals surface area (Å²) in [5, 5.41) is 28.5. The fourth-order valence-electron chi connectivity index (χ4n) is 6.81. The van der Waals surface area contributed by atoms with Gasteiger partial charge in [-0.1, -0.05) is 34.8 Å². The molecule has 26 heteroatoms. The van der Waals surface area contributed by atoms with E-state index in [1.54, 1.807) is 0 Å². The van der Waals surface area contributed by atoms with E-state index < -0.39 is 37.2 Å². The molecule has 7 rings (SSSR count). The molecule has 3 fully saturated rings. The van der Waals surface area contributed by atoms with Crippen LogP contribution in [0.3, 0.4) is 0 Å². The van der Waals surface area contributed by atoms with Crippen molar-refractivity contribution in [2.75, 3.05) is 60.7 Å². The van der Waals surface area contributed by atoms with Gasteiger partial charge in [-0.15, -0.1) is 0 Å². The standard InChI is InChI=1S/C21H25ClFN7O4S.C15H14Cl2N6O3S/c22-19-17(26-13-21(23)6-1-9-34-14-21)12-27-30(20(19)31)16-4-7-29(8-5-16)35(32,33)28-18-3-2-15(10-24)11-25-18;16-12-9-20-23(15(24)14(12)17)11-3-5-22(6-4-11)27(25,26)21-13-2-1-10(7-18)8-19-13/h2-3,11-12,16,26H,1,4-9,13-14H2,(H,25,28);1-2,8-9,11H,3-6H2,(H,19,21). The highest BCUT2D eigenvalue weighted by Crippen LogP contribution is 2.28. The van der Waals surface area contributed by atoms with Crippen LogP contribution >= 0.6 is 34.8 Å². The van der Waals surface area contributed by atoms with Gasteiger partial charge in [0.1, 0.15) is 33.8 Å². The first-order valence-corrected chi connectivity index (χ1v) is 23.0. The van der Waals surface area contributed by atoms with Crippen molar-refractivity contribution in [1.29, 1.82) is 10.5 Å². The lowest BCUT2D eigenvalue weighted by atomic mass is 9.99. The van der Waals surface area contributed by atoms with E-state index >= 15 is 0 Å². The van der Waals surface area contributed by atoms with Crippen LogP contribution in [0.1, 0.15) is 61.7 Å². The van der Waals surface area contributed by atoms with Crippen molar-refractivity contribution in [2.24, 2.45) is 0 Å². The number of aromatic nitrogens is 6. The average Bonchev–Trinajstić information content (AvgIpc) is 3.27. The predicted molar refractivity (Wildman–Crippen MR) is 227 cm³/mol. The SMILES string of the molecule is N#Cc1ccc(NS(=O)(=O)N2CCC(n3ncc(Cl)c(Cl)c3=O)CC2)nc1.N#Cc1ccc(NS(=O)(=O)N2CCC(n3ncc(NCC4(F)CCCOC4)c(Cl)c3=O)CC2)nc1. The minimum absolute atomic E-state index is 0.0142. The zero-order valence-electron chi connectivity index (χ0n) is 32.6. The zero-order chi connectivity index (χ0) is 44.7. The summed E-state index contributed by atoms with van der Waals surface area (Å²) in [6, 6.07) is 8.99. The molecule has 0 aliphatic carbocycles. The Labute approximate surface area is 370 Å². The number of anilines is 3. The van der Waals surface area contributed by atoms with E-state index in [-0.39, 0.29) is 83.8 Å². The highest BCUT2D eigenvalue weighted by atomic mass is 35.5. The van der Waals surface area contributed by atoms with E-state index in [0.29, 0.717) is 56.3 Å². The quantitative estimate of drug-likeness (QED) is 0.193. The predicted octanol–water partition coefficient (Wildman–Crippen LogP) is 3.90. The number of piperidine rings is 2. The van der Waals surface area contributed by atoms with Gasteiger partial charge < -0.3 is 10.1 Å². The number of alkyl halides is 1. The first-order chi connectivity index (χ1) is 29.5. The number of pyridine rings is 2. The van der Waals surface area contributed by atoms with Gasteiger partial charge in [-0.3, -0.25) is 19.0 Å². The second-order valence-electron chi connectivity index (χ2n) is 14.4. The number of nitrogens with zero attached hydrogens (tertiary/aromatic N) is 10. The summed E-state index contributed by atoms with van der Waals surface area (Å²) in [6.07, 6.45) is 7.72. The van der Waals surface area contributed by atoms with E-state index in [2.05, 4.69) is 34.9 Å². The van der Waals surface area contributed by atoms with Gasteiger partial charge in [0.05, 0.1) is 59.5 Å². The van der Waals surface area contributed by atoms with Crippen LogP contribution < -0.4 is 25.9 Å². The molecular formula is C36H39Cl3FN13O7S2. The summed E-state index contributed by atoms with van der Waals surface area (Å²) in [7, 11) is -7.67. The highest BCUT2D eigenvalue weighted by Gasteiger charge is 2.34. The minimum Gasteiger partial charge on any atom is -0.379 e. The third kappa shape index (κ3) is 11.3. The van der Waals surface area contributed by atoms with Crippen LogP contribution in [0.15, 0.2) is 58.6 Å². The summed E-state index contributed by atoms with van der Waals surface area (Å²) in [4.78, 5) is 32.8. The average molecular weight is 955 g/mol. The molecule has 3 aliphatic heterocycles. The van der Waals surface area contributed by atoms with Crippen molar-refractivity contribution < 1.29 is 26.0 Å². The molecule has 1 unspecified atom stereocenters. The highest BCUT2D eigenvalue weighted by molar-refractivity contribution is 7.90. The maximum Gasteiger partial charge on any atom is 0.302 e. The Kier molecular flexibility index (Phi) is 15.0. The third-order valence-electron chi connectivity index (χ3n) is 10.2. The Morgan fingerprint density at radius 1 is 0.758 bits per heavy atom. The van der Waals surface area contributed by atoms with Crippen molar-refractivity contribution >= 4 is 72.5 Å². The van der Waals surface area contributed by atoms with E-state index in [4.69, 9.17) is 50.1 Å². The van der Waals surface area contributed by atoms with Gasteiger partial charge in [-0.2, -0.15) is 46.2 Å². The lowest BCUT2D eigenvalue weighted by Gasteiger charge is -2.32. The van der Waals surface area contributed by atoms with Gasteiger partial charge in [0.25, 0.3) is 11.1 Å². The molecule has 0 aromatic carbocycles. The van der Waals surface area contributed by atoms with Crippen molar-refractivity contribution in [3.8, 4) is 12.1 Å². The summed E-state index contributed by atoms with van der Waals surface area (Å²) < 4.78 is 80.2. The monoisotopic (exact) mass is 953 g/mol. The number of ether oxygens (including phenoxy) is 1. The van der Waals surface area contributed by atoms with E-state index in [0.717, 1.165) is 0 Å². The summed E-state index contributed by atoms with van der Waals surface area (Å²) >= 11 is 17.9. The third-order valence-corrected chi connectivity index (χ3v) is 14.3. The number of halogens is 4. The van der Waals surface area contributed by atoms with Crippen molar-refractivity contribution in [3.63, 3.8) is 0 Å². The van der Waals surface area contributed by atoms with Gasteiger partial charge >= 0.3 is 20.4 Å². The second kappa shape index (κ2) is 20.0. The second-order valence-corrected chi connectivity index (χ2v) is 18.9. The Bertz CT molecular complexity index is 2660. The Balaban J connectivity index is 0.000000214. The van der Waals surface area contributed by atoms with Crippen LogP contribution in [0, 0.1) is 22.7 Å². The molecule has 3 saturated heterocycles. The van der Waals surface area contributed by atoms with Crippen LogP contribution in [0.5, 0.6) is 0 Å². The van der Waals surface area contributed by atoms with Gasteiger partial charge in [0, 0.05) is 45.2 Å². The molecule has 0 radical (unpaired) electrons. The summed E-state index contributed by atoms with van der Waals surface area (Å²) in [5.41, 5.74) is -1.65. The van der Waals surface area contributed by atoms with Crippen molar-refractivity contribution in [3.05, 3.63) is 96.0 Å². The maximum absolute atomic E-state index is 14.8. The number of nitriles is 2. The lowest BCUT2D eigenvalue weighted by Crippen LogP contribution is -2.44. The molecular weight excluding hydrogens is 916 g/mol. The Hall–Kier alpha value is -4.98. The molecule has 3 N–H and O–H groups in total. The van der Waals surface area contributed by atoms with E-state index in [1.165, 1.54) is 67.0 Å². The summed E-state index contributed by atoms with van der Waals surface area (Å²) in [6.45, 7) is 1.19. The number of hydrogen-bond donors (Lipinski definition) is 3. The number of rotatable bonds is 11. The molecule has 4 aromatic rings. The molecule has 20 nitrogen and oxygen atoms in total. The molecule has 0 amide bonds. The van der Waals surface area contributed by atoms with Gasteiger partial charge in [-0.25, -0.2) is 23.7 Å². The van der Waals surface area contributed by atoms with Crippen LogP contribution in [-0.4, -0.2) is 107 Å². The molecule has 7 heterocycles. The lowest BCUT2D eigenvalue weighted by molar-refractivity contribution is -0.0234. The van der Waals surface area contributed by atoms with Crippen LogP contribution in [0.4, 0.5) is 21.7 Å². The fourth-order valence-corrected chi connectivity index (χ4v) is 9.69. The van der Waals surface area contributed by atoms with Crippen LogP contribution in [0.2, 0.25) is 15.1 Å².